The van der Waals surface area contributed by atoms with Crippen molar-refractivity contribution < 1.29 is 14.3 Å². The lowest BCUT2D eigenvalue weighted by Gasteiger charge is -2.47. The van der Waals surface area contributed by atoms with Crippen LogP contribution < -0.4 is 5.32 Å². The Bertz CT molecular complexity index is 259. The average Bonchev–Trinajstić information content (AvgIpc) is 2.14. The lowest BCUT2D eigenvalue weighted by Crippen LogP contribution is -2.57. The molecule has 5 nitrogen and oxygen atoms in total. The van der Waals surface area contributed by atoms with Crippen molar-refractivity contribution in [3.8, 4) is 0 Å². The minimum atomic E-state index is -0.830. The van der Waals surface area contributed by atoms with Crippen LogP contribution in [0.5, 0.6) is 0 Å². The topological polar surface area (TPSA) is 58.6 Å². The van der Waals surface area contributed by atoms with Crippen molar-refractivity contribution in [2.45, 2.75) is 24.8 Å². The van der Waals surface area contributed by atoms with Crippen molar-refractivity contribution in [1.82, 2.24) is 10.2 Å². The first-order chi connectivity index (χ1) is 7.02. The van der Waals surface area contributed by atoms with Crippen molar-refractivity contribution in [2.75, 3.05) is 27.7 Å². The van der Waals surface area contributed by atoms with Gasteiger partial charge in [0.2, 0.25) is 0 Å². The molecule has 86 valence electrons. The Morgan fingerprint density at radius 2 is 2.00 bits per heavy atom. The summed E-state index contributed by atoms with van der Waals surface area (Å²) in [6, 6.07) is 0. The lowest BCUT2D eigenvalue weighted by atomic mass is 9.75. The van der Waals surface area contributed by atoms with Crippen molar-refractivity contribution in [1.29, 1.82) is 0 Å². The summed E-state index contributed by atoms with van der Waals surface area (Å²) in [5.41, 5.74) is 0.0314. The van der Waals surface area contributed by atoms with E-state index in [-0.39, 0.29) is 5.54 Å². The van der Waals surface area contributed by atoms with Crippen LogP contribution in [0.3, 0.4) is 0 Å². The fourth-order valence-corrected chi connectivity index (χ4v) is 1.78. The highest BCUT2D eigenvalue weighted by Gasteiger charge is 2.39. The molecule has 1 N–H and O–H groups in total. The highest BCUT2D eigenvalue weighted by atomic mass is 16.5. The molecule has 0 spiro atoms. The first kappa shape index (κ1) is 12.0. The van der Waals surface area contributed by atoms with Crippen molar-refractivity contribution in [3.05, 3.63) is 0 Å². The van der Waals surface area contributed by atoms with E-state index in [4.69, 9.17) is 0 Å². The number of methoxy groups -OCH3 is 1. The summed E-state index contributed by atoms with van der Waals surface area (Å²) in [6.45, 7) is 0.508. The predicted molar refractivity (Wildman–Crippen MR) is 55.3 cm³/mol. The molecule has 0 aromatic rings. The standard InChI is InChI=1S/C10H18N2O3/c1-12(2)10(5-4-6-10)7-11-8(13)9(14)15-3/h4-7H2,1-3H3,(H,11,13). The number of esters is 1. The van der Waals surface area contributed by atoms with E-state index in [1.54, 1.807) is 0 Å². The molecule has 0 aromatic carbocycles. The highest BCUT2D eigenvalue weighted by molar-refractivity contribution is 6.32. The maximum atomic E-state index is 11.2. The van der Waals surface area contributed by atoms with Gasteiger partial charge >= 0.3 is 11.9 Å². The smallest absolute Gasteiger partial charge is 0.396 e. The molecule has 1 aliphatic carbocycles. The molecular formula is C10H18N2O3. The van der Waals surface area contributed by atoms with Gasteiger partial charge in [0.1, 0.15) is 0 Å². The fourth-order valence-electron chi connectivity index (χ4n) is 1.78. The number of nitrogens with zero attached hydrogens (tertiary/aromatic N) is 1. The first-order valence-electron chi connectivity index (χ1n) is 5.05. The molecule has 1 amide bonds. The van der Waals surface area contributed by atoms with E-state index in [0.29, 0.717) is 6.54 Å². The van der Waals surface area contributed by atoms with Crippen LogP contribution in [0.25, 0.3) is 0 Å². The average molecular weight is 214 g/mol. The molecule has 0 heterocycles. The van der Waals surface area contributed by atoms with Gasteiger partial charge in [0.05, 0.1) is 7.11 Å². The second kappa shape index (κ2) is 4.61. The predicted octanol–water partition coefficient (Wildman–Crippen LogP) is -0.240. The first-order valence-corrected chi connectivity index (χ1v) is 5.05. The van der Waals surface area contributed by atoms with Crippen LogP contribution in [0.4, 0.5) is 0 Å². The lowest BCUT2D eigenvalue weighted by molar-refractivity contribution is -0.153. The van der Waals surface area contributed by atoms with Crippen molar-refractivity contribution in [3.63, 3.8) is 0 Å². The van der Waals surface area contributed by atoms with Crippen molar-refractivity contribution in [2.24, 2.45) is 0 Å². The summed E-state index contributed by atoms with van der Waals surface area (Å²) in [4.78, 5) is 24.1. The van der Waals surface area contributed by atoms with Gasteiger partial charge in [-0.2, -0.15) is 0 Å². The normalized spacial score (nSPS) is 18.1. The van der Waals surface area contributed by atoms with Crippen LogP contribution in [-0.2, 0) is 14.3 Å². The highest BCUT2D eigenvalue weighted by Crippen LogP contribution is 2.35. The minimum Gasteiger partial charge on any atom is -0.462 e. The summed E-state index contributed by atoms with van der Waals surface area (Å²) in [6.07, 6.45) is 3.29. The quantitative estimate of drug-likeness (QED) is 0.520. The van der Waals surface area contributed by atoms with E-state index in [2.05, 4.69) is 15.0 Å². The van der Waals surface area contributed by atoms with Gasteiger partial charge in [-0.25, -0.2) is 4.79 Å². The third-order valence-corrected chi connectivity index (χ3v) is 3.18. The summed E-state index contributed by atoms with van der Waals surface area (Å²) in [5, 5.41) is 2.60. The second-order valence-electron chi connectivity index (χ2n) is 4.15. The van der Waals surface area contributed by atoms with Gasteiger partial charge in [0.25, 0.3) is 0 Å². The minimum absolute atomic E-state index is 0.0314. The van der Waals surface area contributed by atoms with Crippen LogP contribution in [0.1, 0.15) is 19.3 Å². The molecule has 1 aliphatic rings. The number of hydrogen-bond donors (Lipinski definition) is 1. The Hall–Kier alpha value is -1.10. The molecule has 0 saturated heterocycles. The molecule has 1 saturated carbocycles. The zero-order chi connectivity index (χ0) is 11.5. The molecule has 0 unspecified atom stereocenters. The second-order valence-corrected chi connectivity index (χ2v) is 4.15. The zero-order valence-electron chi connectivity index (χ0n) is 9.50. The SMILES string of the molecule is COC(=O)C(=O)NCC1(N(C)C)CCC1. The van der Waals surface area contributed by atoms with E-state index in [1.807, 2.05) is 14.1 Å². The summed E-state index contributed by atoms with van der Waals surface area (Å²) in [7, 11) is 5.18. The van der Waals surface area contributed by atoms with Crippen LogP contribution in [0, 0.1) is 0 Å². The molecule has 1 fully saturated rings. The maximum Gasteiger partial charge on any atom is 0.396 e. The Morgan fingerprint density at radius 1 is 1.40 bits per heavy atom. The van der Waals surface area contributed by atoms with E-state index < -0.39 is 11.9 Å². The number of hydrogen-bond acceptors (Lipinski definition) is 4. The number of nitrogens with one attached hydrogen (secondary N) is 1. The Labute approximate surface area is 89.8 Å². The van der Waals surface area contributed by atoms with Gasteiger partial charge in [-0.1, -0.05) is 0 Å². The molecular weight excluding hydrogens is 196 g/mol. The molecule has 0 aromatic heterocycles. The number of carbonyl (C=O) groups is 2. The summed E-state index contributed by atoms with van der Waals surface area (Å²) >= 11 is 0. The van der Waals surface area contributed by atoms with E-state index in [9.17, 15) is 9.59 Å². The third kappa shape index (κ3) is 2.47. The molecule has 1 rings (SSSR count). The van der Waals surface area contributed by atoms with Gasteiger partial charge in [-0.05, 0) is 33.4 Å². The number of ether oxygens (including phenoxy) is 1. The largest absolute Gasteiger partial charge is 0.462 e. The molecule has 0 aliphatic heterocycles. The van der Waals surface area contributed by atoms with Crippen molar-refractivity contribution >= 4 is 11.9 Å². The number of rotatable bonds is 3. The Balaban J connectivity index is 2.42. The van der Waals surface area contributed by atoms with Gasteiger partial charge in [-0.15, -0.1) is 0 Å². The van der Waals surface area contributed by atoms with Gasteiger partial charge in [-0.3, -0.25) is 4.79 Å². The maximum absolute atomic E-state index is 11.2. The summed E-state index contributed by atoms with van der Waals surface area (Å²) < 4.78 is 4.32. The number of carbonyl (C=O) groups excluding carboxylic acids is 2. The third-order valence-electron chi connectivity index (χ3n) is 3.18. The van der Waals surface area contributed by atoms with E-state index in [1.165, 1.54) is 13.5 Å². The monoisotopic (exact) mass is 214 g/mol. The van der Waals surface area contributed by atoms with Gasteiger partial charge in [0.15, 0.2) is 0 Å². The molecule has 5 heteroatoms. The fraction of sp³-hybridized carbons (Fsp3) is 0.800. The number of likely N-dealkylation sites (N-methyl/N-ethyl adjacent to an activating group) is 1. The Kier molecular flexibility index (Phi) is 3.68. The summed E-state index contributed by atoms with van der Waals surface area (Å²) in [5.74, 6) is -1.49. The molecule has 0 radical (unpaired) electrons. The van der Waals surface area contributed by atoms with Crippen LogP contribution in [0.2, 0.25) is 0 Å². The van der Waals surface area contributed by atoms with Crippen LogP contribution in [0.15, 0.2) is 0 Å². The zero-order valence-corrected chi connectivity index (χ0v) is 9.50. The van der Waals surface area contributed by atoms with Crippen LogP contribution >= 0.6 is 0 Å². The van der Waals surface area contributed by atoms with Crippen LogP contribution in [-0.4, -0.2) is 50.1 Å². The molecule has 0 bridgehead atoms. The molecule has 0 atom stereocenters. The van der Waals surface area contributed by atoms with Gasteiger partial charge < -0.3 is 15.0 Å². The Morgan fingerprint density at radius 3 is 2.33 bits per heavy atom. The molecule has 15 heavy (non-hydrogen) atoms. The van der Waals surface area contributed by atoms with E-state index in [0.717, 1.165) is 12.8 Å². The van der Waals surface area contributed by atoms with E-state index >= 15 is 0 Å². The number of amides is 1. The van der Waals surface area contributed by atoms with Gasteiger partial charge in [0, 0.05) is 12.1 Å².